The fourth-order valence-corrected chi connectivity index (χ4v) is 2.52. The Morgan fingerprint density at radius 3 is 2.74 bits per heavy atom. The number of ether oxygens (including phenoxy) is 1. The van der Waals surface area contributed by atoms with Crippen LogP contribution in [0.3, 0.4) is 0 Å². The Labute approximate surface area is 132 Å². The normalized spacial score (nSPS) is 20.5. The summed E-state index contributed by atoms with van der Waals surface area (Å²) in [6.07, 6.45) is 1.86. The second-order valence-corrected chi connectivity index (χ2v) is 5.81. The van der Waals surface area contributed by atoms with Gasteiger partial charge in [-0.1, -0.05) is 12.1 Å². The molecule has 7 heteroatoms. The smallest absolute Gasteiger partial charge is 0.311 e. The molecule has 1 aliphatic carbocycles. The zero-order valence-electron chi connectivity index (χ0n) is 12.5. The average Bonchev–Trinajstić information content (AvgIpc) is 3.25. The summed E-state index contributed by atoms with van der Waals surface area (Å²) < 4.78 is 18.7. The van der Waals surface area contributed by atoms with Crippen molar-refractivity contribution in [1.82, 2.24) is 5.32 Å². The molecule has 1 aromatic carbocycles. The van der Waals surface area contributed by atoms with Crippen molar-refractivity contribution in [2.45, 2.75) is 25.3 Å². The van der Waals surface area contributed by atoms with E-state index in [4.69, 9.17) is 4.74 Å². The molecule has 3 rings (SSSR count). The van der Waals surface area contributed by atoms with Gasteiger partial charge in [0.2, 0.25) is 5.91 Å². The molecular weight excluding hydrogens is 303 g/mol. The molecule has 2 amide bonds. The fourth-order valence-electron chi connectivity index (χ4n) is 2.52. The lowest BCUT2D eigenvalue weighted by atomic mass is 10.1. The van der Waals surface area contributed by atoms with E-state index in [-0.39, 0.29) is 43.1 Å². The molecule has 1 heterocycles. The van der Waals surface area contributed by atoms with Crippen LogP contribution in [0.4, 0.5) is 10.1 Å². The van der Waals surface area contributed by atoms with Crippen molar-refractivity contribution >= 4 is 23.5 Å². The maximum Gasteiger partial charge on any atom is 0.311 e. The largest absolute Gasteiger partial charge is 0.455 e. The summed E-state index contributed by atoms with van der Waals surface area (Å²) >= 11 is 0. The van der Waals surface area contributed by atoms with Gasteiger partial charge in [-0.25, -0.2) is 4.39 Å². The van der Waals surface area contributed by atoms with Crippen molar-refractivity contribution in [3.05, 3.63) is 30.1 Å². The Bertz CT molecular complexity index is 645. The first-order chi connectivity index (χ1) is 11.0. The van der Waals surface area contributed by atoms with Gasteiger partial charge in [0.25, 0.3) is 5.91 Å². The van der Waals surface area contributed by atoms with Crippen LogP contribution in [0.1, 0.15) is 19.3 Å². The number of halogens is 1. The third-order valence-electron chi connectivity index (χ3n) is 3.89. The predicted octanol–water partition coefficient (Wildman–Crippen LogP) is 1.00. The van der Waals surface area contributed by atoms with Crippen LogP contribution in [0.5, 0.6) is 0 Å². The molecule has 1 aromatic rings. The molecule has 1 saturated carbocycles. The molecule has 1 atom stereocenters. The summed E-state index contributed by atoms with van der Waals surface area (Å²) in [5.74, 6) is -2.48. The summed E-state index contributed by atoms with van der Waals surface area (Å²) in [5, 5.41) is 2.71. The van der Waals surface area contributed by atoms with Crippen molar-refractivity contribution in [3.8, 4) is 0 Å². The van der Waals surface area contributed by atoms with Gasteiger partial charge in [0.1, 0.15) is 5.82 Å². The monoisotopic (exact) mass is 320 g/mol. The van der Waals surface area contributed by atoms with Crippen LogP contribution in [-0.2, 0) is 19.1 Å². The fraction of sp³-hybridized carbons (Fsp3) is 0.438. The summed E-state index contributed by atoms with van der Waals surface area (Å²) in [5.41, 5.74) is 0.152. The molecule has 0 unspecified atom stereocenters. The third kappa shape index (κ3) is 3.67. The van der Waals surface area contributed by atoms with E-state index < -0.39 is 17.7 Å². The van der Waals surface area contributed by atoms with E-state index in [1.165, 1.54) is 23.1 Å². The molecule has 1 aliphatic heterocycles. The maximum absolute atomic E-state index is 13.8. The molecular formula is C16H17FN2O4. The number of hydrogen-bond acceptors (Lipinski definition) is 4. The molecule has 23 heavy (non-hydrogen) atoms. The van der Waals surface area contributed by atoms with Crippen LogP contribution in [0.15, 0.2) is 24.3 Å². The predicted molar refractivity (Wildman–Crippen MR) is 79.0 cm³/mol. The minimum Gasteiger partial charge on any atom is -0.455 e. The number of benzene rings is 1. The first kappa shape index (κ1) is 15.5. The topological polar surface area (TPSA) is 75.7 Å². The van der Waals surface area contributed by atoms with E-state index >= 15 is 0 Å². The van der Waals surface area contributed by atoms with Crippen LogP contribution >= 0.6 is 0 Å². The highest BCUT2D eigenvalue weighted by atomic mass is 19.1. The minimum atomic E-state index is -0.684. The van der Waals surface area contributed by atoms with Gasteiger partial charge in [-0.3, -0.25) is 14.4 Å². The lowest BCUT2D eigenvalue weighted by Crippen LogP contribution is -2.32. The van der Waals surface area contributed by atoms with Gasteiger partial charge in [-0.15, -0.1) is 0 Å². The van der Waals surface area contributed by atoms with Gasteiger partial charge in [-0.05, 0) is 25.0 Å². The Morgan fingerprint density at radius 1 is 1.30 bits per heavy atom. The van der Waals surface area contributed by atoms with Crippen LogP contribution < -0.4 is 10.2 Å². The molecule has 0 aromatic heterocycles. The lowest BCUT2D eigenvalue weighted by molar-refractivity contribution is -0.152. The zero-order chi connectivity index (χ0) is 16.4. The summed E-state index contributed by atoms with van der Waals surface area (Å²) in [6.45, 7) is -0.289. The molecule has 6 nitrogen and oxygen atoms in total. The standard InChI is InChI=1S/C16H17FN2O4/c17-12-3-1-2-4-13(12)19-8-10(7-15(19)21)16(22)23-9-14(20)18-11-5-6-11/h1-4,10-11H,5-9H2,(H,18,20)/t10-/m0/s1. The molecule has 2 aliphatic rings. The van der Waals surface area contributed by atoms with Gasteiger partial charge in [-0.2, -0.15) is 0 Å². The Hall–Kier alpha value is -2.44. The van der Waals surface area contributed by atoms with Crippen LogP contribution in [0, 0.1) is 11.7 Å². The molecule has 122 valence electrons. The van der Waals surface area contributed by atoms with Crippen molar-refractivity contribution < 1.29 is 23.5 Å². The second kappa shape index (κ2) is 6.36. The highest BCUT2D eigenvalue weighted by Crippen LogP contribution is 2.27. The Kier molecular flexibility index (Phi) is 4.27. The van der Waals surface area contributed by atoms with Crippen molar-refractivity contribution in [2.24, 2.45) is 5.92 Å². The summed E-state index contributed by atoms with van der Waals surface area (Å²) in [4.78, 5) is 36.7. The number of para-hydroxylation sites is 1. The molecule has 0 radical (unpaired) electrons. The average molecular weight is 320 g/mol. The number of rotatable bonds is 5. The van der Waals surface area contributed by atoms with E-state index in [0.29, 0.717) is 0 Å². The van der Waals surface area contributed by atoms with E-state index in [9.17, 15) is 18.8 Å². The van der Waals surface area contributed by atoms with Gasteiger partial charge in [0, 0.05) is 19.0 Å². The number of nitrogens with zero attached hydrogens (tertiary/aromatic N) is 1. The van der Waals surface area contributed by atoms with Crippen molar-refractivity contribution in [2.75, 3.05) is 18.1 Å². The van der Waals surface area contributed by atoms with Gasteiger partial charge >= 0.3 is 5.97 Å². The van der Waals surface area contributed by atoms with E-state index in [0.717, 1.165) is 12.8 Å². The number of hydrogen-bond donors (Lipinski definition) is 1. The molecule has 2 fully saturated rings. The van der Waals surface area contributed by atoms with Gasteiger partial charge < -0.3 is 15.0 Å². The highest BCUT2D eigenvalue weighted by Gasteiger charge is 2.37. The third-order valence-corrected chi connectivity index (χ3v) is 3.89. The van der Waals surface area contributed by atoms with Gasteiger partial charge in [0.15, 0.2) is 6.61 Å². The summed E-state index contributed by atoms with van der Waals surface area (Å²) in [6, 6.07) is 6.11. The number of nitrogens with one attached hydrogen (secondary N) is 1. The van der Waals surface area contributed by atoms with Crippen LogP contribution in [-0.4, -0.2) is 37.0 Å². The highest BCUT2D eigenvalue weighted by molar-refractivity contribution is 5.99. The number of amides is 2. The Morgan fingerprint density at radius 2 is 2.04 bits per heavy atom. The number of carbonyl (C=O) groups is 3. The maximum atomic E-state index is 13.8. The lowest BCUT2D eigenvalue weighted by Gasteiger charge is -2.17. The first-order valence-electron chi connectivity index (χ1n) is 7.55. The van der Waals surface area contributed by atoms with E-state index in [1.54, 1.807) is 6.07 Å². The van der Waals surface area contributed by atoms with E-state index in [1.807, 2.05) is 0 Å². The molecule has 1 N–H and O–H groups in total. The van der Waals surface area contributed by atoms with Crippen LogP contribution in [0.2, 0.25) is 0 Å². The quantitative estimate of drug-likeness (QED) is 0.821. The summed E-state index contributed by atoms with van der Waals surface area (Å²) in [7, 11) is 0. The minimum absolute atomic E-state index is 0.0442. The molecule has 0 spiro atoms. The number of esters is 1. The molecule has 0 bridgehead atoms. The van der Waals surface area contributed by atoms with Crippen molar-refractivity contribution in [1.29, 1.82) is 0 Å². The molecule has 1 saturated heterocycles. The zero-order valence-corrected chi connectivity index (χ0v) is 12.5. The second-order valence-electron chi connectivity index (χ2n) is 5.81. The number of carbonyl (C=O) groups excluding carboxylic acids is 3. The van der Waals surface area contributed by atoms with Crippen LogP contribution in [0.25, 0.3) is 0 Å². The van der Waals surface area contributed by atoms with Gasteiger partial charge in [0.05, 0.1) is 11.6 Å². The van der Waals surface area contributed by atoms with Crippen molar-refractivity contribution in [3.63, 3.8) is 0 Å². The van der Waals surface area contributed by atoms with E-state index in [2.05, 4.69) is 5.32 Å². The first-order valence-corrected chi connectivity index (χ1v) is 7.55. The SMILES string of the molecule is O=C(COC(=O)[C@H]1CC(=O)N(c2ccccc2F)C1)NC1CC1. The Balaban J connectivity index is 1.55. The number of anilines is 1.